The molecule has 4 nitrogen and oxygen atoms in total. The first kappa shape index (κ1) is 9.21. The molecule has 0 bridgehead atoms. The minimum atomic E-state index is -0.458. The maximum Gasteiger partial charge on any atom is 0.441 e. The molecule has 0 saturated heterocycles. The number of halogens is 1. The molecule has 0 aliphatic carbocycles. The van der Waals surface area contributed by atoms with Crippen LogP contribution in [-0.4, -0.2) is 9.72 Å². The standard InChI is InChI=1S/C9H7BrN2O2/c1-12-8(11-14-9(12)13)6-3-2-4-7(10)5-6/h2-5H,1H3. The first-order chi connectivity index (χ1) is 6.68. The summed E-state index contributed by atoms with van der Waals surface area (Å²) in [7, 11) is 1.62. The highest BCUT2D eigenvalue weighted by Gasteiger charge is 2.08. The minimum absolute atomic E-state index is 0.458. The molecule has 72 valence electrons. The van der Waals surface area contributed by atoms with E-state index in [1.54, 1.807) is 7.05 Å². The molecule has 2 rings (SSSR count). The second kappa shape index (κ2) is 3.42. The van der Waals surface area contributed by atoms with E-state index in [1.165, 1.54) is 4.57 Å². The van der Waals surface area contributed by atoms with Gasteiger partial charge in [0.05, 0.1) is 0 Å². The molecule has 0 N–H and O–H groups in total. The van der Waals surface area contributed by atoms with Crippen molar-refractivity contribution in [3.05, 3.63) is 39.3 Å². The van der Waals surface area contributed by atoms with E-state index in [0.29, 0.717) is 5.82 Å². The average molecular weight is 255 g/mol. The molecule has 0 aliphatic heterocycles. The summed E-state index contributed by atoms with van der Waals surface area (Å²) in [5.41, 5.74) is 0.840. The molecule has 2 aromatic rings. The third-order valence-corrected chi connectivity index (χ3v) is 2.38. The van der Waals surface area contributed by atoms with E-state index in [9.17, 15) is 4.79 Å². The molecule has 0 fully saturated rings. The third-order valence-electron chi connectivity index (χ3n) is 1.88. The van der Waals surface area contributed by atoms with Gasteiger partial charge in [-0.25, -0.2) is 4.79 Å². The summed E-state index contributed by atoms with van der Waals surface area (Å²) >= 11 is 3.35. The van der Waals surface area contributed by atoms with Crippen LogP contribution in [0.1, 0.15) is 0 Å². The van der Waals surface area contributed by atoms with Crippen molar-refractivity contribution in [2.75, 3.05) is 0 Å². The Bertz CT molecular complexity index is 516. The molecule has 0 radical (unpaired) electrons. The Morgan fingerprint density at radius 3 is 2.86 bits per heavy atom. The number of nitrogens with zero attached hydrogens (tertiary/aromatic N) is 2. The van der Waals surface area contributed by atoms with E-state index in [4.69, 9.17) is 0 Å². The SMILES string of the molecule is Cn1c(-c2cccc(Br)c2)noc1=O. The number of benzene rings is 1. The molecule has 0 unspecified atom stereocenters. The van der Waals surface area contributed by atoms with Gasteiger partial charge in [0, 0.05) is 17.1 Å². The van der Waals surface area contributed by atoms with Crippen molar-refractivity contribution < 1.29 is 4.52 Å². The van der Waals surface area contributed by atoms with Crippen LogP contribution in [0.4, 0.5) is 0 Å². The molecule has 1 aromatic heterocycles. The molecule has 0 amide bonds. The zero-order valence-corrected chi connectivity index (χ0v) is 8.98. The number of hydrogen-bond acceptors (Lipinski definition) is 3. The lowest BCUT2D eigenvalue weighted by Gasteiger charge is -1.98. The summed E-state index contributed by atoms with van der Waals surface area (Å²) in [6.07, 6.45) is 0. The summed E-state index contributed by atoms with van der Waals surface area (Å²) in [6.45, 7) is 0. The van der Waals surface area contributed by atoms with Gasteiger partial charge in [0.2, 0.25) is 0 Å². The van der Waals surface area contributed by atoms with Crippen LogP contribution >= 0.6 is 15.9 Å². The average Bonchev–Trinajstić information content (AvgIpc) is 2.48. The van der Waals surface area contributed by atoms with Crippen LogP contribution in [0.2, 0.25) is 0 Å². The van der Waals surface area contributed by atoms with Gasteiger partial charge in [-0.1, -0.05) is 33.2 Å². The van der Waals surface area contributed by atoms with Gasteiger partial charge < -0.3 is 0 Å². The van der Waals surface area contributed by atoms with Crippen molar-refractivity contribution in [3.63, 3.8) is 0 Å². The van der Waals surface area contributed by atoms with Gasteiger partial charge >= 0.3 is 5.76 Å². The van der Waals surface area contributed by atoms with Crippen molar-refractivity contribution in [2.24, 2.45) is 7.05 Å². The summed E-state index contributed by atoms with van der Waals surface area (Å²) in [4.78, 5) is 11.0. The smallest absolute Gasteiger partial charge is 0.295 e. The Balaban J connectivity index is 2.60. The van der Waals surface area contributed by atoms with Crippen LogP contribution in [-0.2, 0) is 7.05 Å². The zero-order chi connectivity index (χ0) is 10.1. The quantitative estimate of drug-likeness (QED) is 0.780. The highest BCUT2D eigenvalue weighted by atomic mass is 79.9. The Hall–Kier alpha value is -1.36. The van der Waals surface area contributed by atoms with Gasteiger partial charge in [-0.15, -0.1) is 0 Å². The maximum atomic E-state index is 11.0. The van der Waals surface area contributed by atoms with Gasteiger partial charge in [-0.05, 0) is 12.1 Å². The van der Waals surface area contributed by atoms with E-state index in [-0.39, 0.29) is 0 Å². The summed E-state index contributed by atoms with van der Waals surface area (Å²) in [6, 6.07) is 7.51. The predicted octanol–water partition coefficient (Wildman–Crippen LogP) is 1.80. The normalized spacial score (nSPS) is 10.4. The molecule has 1 heterocycles. The van der Waals surface area contributed by atoms with Crippen LogP contribution < -0.4 is 5.76 Å². The van der Waals surface area contributed by atoms with Crippen LogP contribution in [0.5, 0.6) is 0 Å². The first-order valence-electron chi connectivity index (χ1n) is 3.97. The predicted molar refractivity (Wildman–Crippen MR) is 54.9 cm³/mol. The molecule has 14 heavy (non-hydrogen) atoms. The van der Waals surface area contributed by atoms with Gasteiger partial charge in [0.1, 0.15) is 0 Å². The van der Waals surface area contributed by atoms with E-state index in [1.807, 2.05) is 24.3 Å². The van der Waals surface area contributed by atoms with Crippen LogP contribution in [0.3, 0.4) is 0 Å². The van der Waals surface area contributed by atoms with Crippen molar-refractivity contribution in [3.8, 4) is 11.4 Å². The molecule has 1 aromatic carbocycles. The topological polar surface area (TPSA) is 48.0 Å². The number of hydrogen-bond donors (Lipinski definition) is 0. The number of rotatable bonds is 1. The summed E-state index contributed by atoms with van der Waals surface area (Å²) in [5, 5.41) is 3.68. The van der Waals surface area contributed by atoms with Crippen molar-refractivity contribution in [2.45, 2.75) is 0 Å². The van der Waals surface area contributed by atoms with Gasteiger partial charge in [-0.2, -0.15) is 0 Å². The zero-order valence-electron chi connectivity index (χ0n) is 7.40. The van der Waals surface area contributed by atoms with Crippen LogP contribution in [0, 0.1) is 0 Å². The van der Waals surface area contributed by atoms with E-state index >= 15 is 0 Å². The van der Waals surface area contributed by atoms with Crippen molar-refractivity contribution in [1.82, 2.24) is 9.72 Å². The Labute approximate surface area is 88.3 Å². The Kier molecular flexibility index (Phi) is 2.25. The van der Waals surface area contributed by atoms with E-state index < -0.39 is 5.76 Å². The molecule has 0 atom stereocenters. The van der Waals surface area contributed by atoms with Gasteiger partial charge in [0.25, 0.3) is 0 Å². The molecule has 0 spiro atoms. The third kappa shape index (κ3) is 1.50. The lowest BCUT2D eigenvalue weighted by molar-refractivity contribution is 0.380. The van der Waals surface area contributed by atoms with Gasteiger partial charge in [-0.3, -0.25) is 9.09 Å². The summed E-state index contributed by atoms with van der Waals surface area (Å²) in [5.74, 6) is 0.0660. The van der Waals surface area contributed by atoms with E-state index in [0.717, 1.165) is 10.0 Å². The molecule has 0 aliphatic rings. The Morgan fingerprint density at radius 2 is 2.29 bits per heavy atom. The van der Waals surface area contributed by atoms with E-state index in [2.05, 4.69) is 25.6 Å². The fourth-order valence-electron chi connectivity index (χ4n) is 1.17. The Morgan fingerprint density at radius 1 is 1.50 bits per heavy atom. The molecule has 0 saturated carbocycles. The van der Waals surface area contributed by atoms with Crippen LogP contribution in [0.25, 0.3) is 11.4 Å². The highest BCUT2D eigenvalue weighted by Crippen LogP contribution is 2.19. The fraction of sp³-hybridized carbons (Fsp3) is 0.111. The molecular weight excluding hydrogens is 248 g/mol. The second-order valence-corrected chi connectivity index (χ2v) is 3.76. The fourth-order valence-corrected chi connectivity index (χ4v) is 1.56. The van der Waals surface area contributed by atoms with Gasteiger partial charge in [0.15, 0.2) is 5.82 Å². The number of aromatic nitrogens is 2. The molecular formula is C9H7BrN2O2. The maximum absolute atomic E-state index is 11.0. The second-order valence-electron chi connectivity index (χ2n) is 2.84. The first-order valence-corrected chi connectivity index (χ1v) is 4.76. The largest absolute Gasteiger partial charge is 0.441 e. The lowest BCUT2D eigenvalue weighted by Crippen LogP contribution is -2.09. The lowest BCUT2D eigenvalue weighted by atomic mass is 10.2. The van der Waals surface area contributed by atoms with Crippen molar-refractivity contribution >= 4 is 15.9 Å². The molecule has 5 heteroatoms. The van der Waals surface area contributed by atoms with Crippen molar-refractivity contribution in [1.29, 1.82) is 0 Å². The summed E-state index contributed by atoms with van der Waals surface area (Å²) < 4.78 is 6.83. The minimum Gasteiger partial charge on any atom is -0.295 e. The monoisotopic (exact) mass is 254 g/mol. The van der Waals surface area contributed by atoms with Crippen LogP contribution in [0.15, 0.2) is 38.1 Å². The highest BCUT2D eigenvalue weighted by molar-refractivity contribution is 9.10.